The van der Waals surface area contributed by atoms with Gasteiger partial charge in [0.05, 0.1) is 18.7 Å². The number of aliphatic hydroxyl groups is 1. The number of hydrogen-bond donors (Lipinski definition) is 2. The van der Waals surface area contributed by atoms with Crippen molar-refractivity contribution in [1.82, 2.24) is 15.1 Å². The summed E-state index contributed by atoms with van der Waals surface area (Å²) in [6.45, 7) is 4.62. The molecule has 1 aromatic carbocycles. The van der Waals surface area contributed by atoms with E-state index in [0.29, 0.717) is 19.6 Å². The molecule has 2 fully saturated rings. The molecular formula is C19H27N3O3. The summed E-state index contributed by atoms with van der Waals surface area (Å²) in [5, 5.41) is 12.7. The van der Waals surface area contributed by atoms with E-state index in [2.05, 4.69) is 22.3 Å². The third kappa shape index (κ3) is 4.58. The van der Waals surface area contributed by atoms with E-state index < -0.39 is 0 Å². The van der Waals surface area contributed by atoms with Crippen molar-refractivity contribution in [2.45, 2.75) is 37.8 Å². The van der Waals surface area contributed by atoms with Crippen molar-refractivity contribution in [2.24, 2.45) is 0 Å². The van der Waals surface area contributed by atoms with Crippen LogP contribution in [0.1, 0.15) is 31.2 Å². The molecule has 0 bridgehead atoms. The number of aliphatic hydroxyl groups excluding tert-OH is 1. The Labute approximate surface area is 148 Å². The maximum absolute atomic E-state index is 12.5. The average Bonchev–Trinajstić information content (AvgIpc) is 3.02. The molecule has 0 radical (unpaired) electrons. The van der Waals surface area contributed by atoms with Crippen LogP contribution in [-0.2, 0) is 9.59 Å². The van der Waals surface area contributed by atoms with E-state index in [1.54, 1.807) is 11.8 Å². The van der Waals surface area contributed by atoms with E-state index in [-0.39, 0.29) is 29.9 Å². The molecule has 2 amide bonds. The van der Waals surface area contributed by atoms with Gasteiger partial charge in [0, 0.05) is 39.0 Å². The molecule has 1 aromatic rings. The smallest absolute Gasteiger partial charge is 0.234 e. The molecule has 2 heterocycles. The molecule has 0 unspecified atom stereocenters. The quantitative estimate of drug-likeness (QED) is 0.837. The highest BCUT2D eigenvalue weighted by Gasteiger charge is 2.36. The van der Waals surface area contributed by atoms with Crippen molar-refractivity contribution < 1.29 is 14.7 Å². The lowest BCUT2D eigenvalue weighted by Crippen LogP contribution is -2.47. The van der Waals surface area contributed by atoms with Crippen LogP contribution in [0.25, 0.3) is 0 Å². The molecule has 2 N–H and O–H groups in total. The van der Waals surface area contributed by atoms with Crippen LogP contribution < -0.4 is 5.32 Å². The summed E-state index contributed by atoms with van der Waals surface area (Å²) in [4.78, 5) is 28.2. The van der Waals surface area contributed by atoms with E-state index in [4.69, 9.17) is 0 Å². The summed E-state index contributed by atoms with van der Waals surface area (Å²) in [6, 6.07) is 10.0. The molecule has 2 aliphatic heterocycles. The fraction of sp³-hybridized carbons (Fsp3) is 0.579. The van der Waals surface area contributed by atoms with Crippen LogP contribution in [0.5, 0.6) is 0 Å². The molecule has 136 valence electrons. The Morgan fingerprint density at radius 3 is 2.48 bits per heavy atom. The van der Waals surface area contributed by atoms with Gasteiger partial charge < -0.3 is 15.3 Å². The number of benzene rings is 1. The van der Waals surface area contributed by atoms with E-state index in [9.17, 15) is 14.7 Å². The SMILES string of the molecule is CC(=O)N1C[C@H](NC(=O)CN2CCC(O)CC2)[C@@H](c2ccccc2)C1. The Bertz CT molecular complexity index is 599. The van der Waals surface area contributed by atoms with Crippen molar-refractivity contribution in [3.8, 4) is 0 Å². The van der Waals surface area contributed by atoms with Gasteiger partial charge in [-0.05, 0) is 18.4 Å². The van der Waals surface area contributed by atoms with Gasteiger partial charge in [0.2, 0.25) is 11.8 Å². The predicted molar refractivity (Wildman–Crippen MR) is 95.0 cm³/mol. The van der Waals surface area contributed by atoms with Gasteiger partial charge in [-0.25, -0.2) is 0 Å². The molecule has 2 aliphatic rings. The molecule has 0 spiro atoms. The Balaban J connectivity index is 1.62. The maximum Gasteiger partial charge on any atom is 0.234 e. The molecule has 0 aliphatic carbocycles. The molecule has 2 saturated heterocycles. The first kappa shape index (κ1) is 17.9. The number of nitrogens with one attached hydrogen (secondary N) is 1. The minimum absolute atomic E-state index is 0.00674. The molecule has 6 nitrogen and oxygen atoms in total. The maximum atomic E-state index is 12.5. The molecule has 3 rings (SSSR count). The highest BCUT2D eigenvalue weighted by Crippen LogP contribution is 2.27. The van der Waals surface area contributed by atoms with Crippen molar-refractivity contribution in [2.75, 3.05) is 32.7 Å². The van der Waals surface area contributed by atoms with Gasteiger partial charge in [-0.15, -0.1) is 0 Å². The van der Waals surface area contributed by atoms with Crippen LogP contribution in [0.3, 0.4) is 0 Å². The molecule has 0 aromatic heterocycles. The van der Waals surface area contributed by atoms with E-state index in [1.807, 2.05) is 18.2 Å². The van der Waals surface area contributed by atoms with Crippen LogP contribution in [0.4, 0.5) is 0 Å². The minimum Gasteiger partial charge on any atom is -0.393 e. The van der Waals surface area contributed by atoms with Gasteiger partial charge in [0.15, 0.2) is 0 Å². The van der Waals surface area contributed by atoms with Crippen molar-refractivity contribution in [3.05, 3.63) is 35.9 Å². The second kappa shape index (κ2) is 7.97. The standard InChI is InChI=1S/C19H27N3O3/c1-14(23)22-11-17(15-5-3-2-4-6-15)18(12-22)20-19(25)13-21-9-7-16(24)8-10-21/h2-6,16-18,24H,7-13H2,1H3,(H,20,25)/t17-,18+/m1/s1. The summed E-state index contributed by atoms with van der Waals surface area (Å²) >= 11 is 0. The summed E-state index contributed by atoms with van der Waals surface area (Å²) in [7, 11) is 0. The number of nitrogens with zero attached hydrogens (tertiary/aromatic N) is 2. The predicted octanol–water partition coefficient (Wildman–Crippen LogP) is 0.574. The zero-order valence-corrected chi connectivity index (χ0v) is 14.7. The van der Waals surface area contributed by atoms with E-state index in [0.717, 1.165) is 31.5 Å². The first-order valence-corrected chi connectivity index (χ1v) is 9.03. The van der Waals surface area contributed by atoms with E-state index >= 15 is 0 Å². The van der Waals surface area contributed by atoms with Crippen molar-refractivity contribution in [1.29, 1.82) is 0 Å². The number of hydrogen-bond acceptors (Lipinski definition) is 4. The third-order valence-corrected chi connectivity index (χ3v) is 5.26. The fourth-order valence-electron chi connectivity index (χ4n) is 3.78. The number of amides is 2. The van der Waals surface area contributed by atoms with Crippen molar-refractivity contribution in [3.63, 3.8) is 0 Å². The van der Waals surface area contributed by atoms with Crippen LogP contribution in [-0.4, -0.2) is 71.6 Å². The van der Waals surface area contributed by atoms with Crippen LogP contribution in [0, 0.1) is 0 Å². The lowest BCUT2D eigenvalue weighted by atomic mass is 9.94. The van der Waals surface area contributed by atoms with Crippen LogP contribution in [0.2, 0.25) is 0 Å². The van der Waals surface area contributed by atoms with Crippen LogP contribution in [0.15, 0.2) is 30.3 Å². The van der Waals surface area contributed by atoms with Gasteiger partial charge in [-0.3, -0.25) is 14.5 Å². The van der Waals surface area contributed by atoms with Gasteiger partial charge in [0.1, 0.15) is 0 Å². The largest absolute Gasteiger partial charge is 0.393 e. The highest BCUT2D eigenvalue weighted by molar-refractivity contribution is 5.79. The average molecular weight is 345 g/mol. The number of rotatable bonds is 4. The number of likely N-dealkylation sites (tertiary alicyclic amines) is 2. The highest BCUT2D eigenvalue weighted by atomic mass is 16.3. The lowest BCUT2D eigenvalue weighted by molar-refractivity contribution is -0.128. The first-order chi connectivity index (χ1) is 12.0. The normalized spacial score (nSPS) is 25.1. The van der Waals surface area contributed by atoms with E-state index in [1.165, 1.54) is 0 Å². The summed E-state index contributed by atoms with van der Waals surface area (Å²) < 4.78 is 0. The topological polar surface area (TPSA) is 72.9 Å². The Morgan fingerprint density at radius 1 is 1.16 bits per heavy atom. The lowest BCUT2D eigenvalue weighted by Gasteiger charge is -2.29. The van der Waals surface area contributed by atoms with Gasteiger partial charge in [-0.1, -0.05) is 30.3 Å². The van der Waals surface area contributed by atoms with Crippen molar-refractivity contribution >= 4 is 11.8 Å². The Morgan fingerprint density at radius 2 is 1.84 bits per heavy atom. The second-order valence-electron chi connectivity index (χ2n) is 7.12. The minimum atomic E-state index is -0.235. The first-order valence-electron chi connectivity index (χ1n) is 9.03. The Kier molecular flexibility index (Phi) is 5.71. The fourth-order valence-corrected chi connectivity index (χ4v) is 3.78. The van der Waals surface area contributed by atoms with Gasteiger partial charge >= 0.3 is 0 Å². The summed E-state index contributed by atoms with van der Waals surface area (Å²) in [5.41, 5.74) is 1.15. The monoisotopic (exact) mass is 345 g/mol. The third-order valence-electron chi connectivity index (χ3n) is 5.26. The number of carbonyl (C=O) groups excluding carboxylic acids is 2. The number of piperidine rings is 1. The zero-order chi connectivity index (χ0) is 17.8. The Hall–Kier alpha value is -1.92. The summed E-state index contributed by atoms with van der Waals surface area (Å²) in [6.07, 6.45) is 1.21. The second-order valence-corrected chi connectivity index (χ2v) is 7.12. The number of carbonyl (C=O) groups is 2. The molecule has 0 saturated carbocycles. The molecule has 6 heteroatoms. The summed E-state index contributed by atoms with van der Waals surface area (Å²) in [5.74, 6) is 0.160. The molecule has 2 atom stereocenters. The van der Waals surface area contributed by atoms with Gasteiger partial charge in [0.25, 0.3) is 0 Å². The van der Waals surface area contributed by atoms with Gasteiger partial charge in [-0.2, -0.15) is 0 Å². The molecular weight excluding hydrogens is 318 g/mol. The van der Waals surface area contributed by atoms with Crippen LogP contribution >= 0.6 is 0 Å². The molecule has 25 heavy (non-hydrogen) atoms. The zero-order valence-electron chi connectivity index (χ0n) is 14.7.